The number of hydrogen-bond donors (Lipinski definition) is 1. The van der Waals surface area contributed by atoms with Crippen molar-refractivity contribution in [3.63, 3.8) is 0 Å². The molecule has 6 heteroatoms. The van der Waals surface area contributed by atoms with Crippen LogP contribution in [0.3, 0.4) is 0 Å². The lowest BCUT2D eigenvalue weighted by Gasteiger charge is -2.18. The van der Waals surface area contributed by atoms with E-state index in [1.165, 1.54) is 12.7 Å². The first-order chi connectivity index (χ1) is 12.9. The second-order valence-corrected chi connectivity index (χ2v) is 6.72. The van der Waals surface area contributed by atoms with E-state index in [9.17, 15) is 9.59 Å². The van der Waals surface area contributed by atoms with Gasteiger partial charge in [-0.1, -0.05) is 6.07 Å². The number of aryl methyl sites for hydroxylation is 2. The van der Waals surface area contributed by atoms with Crippen LogP contribution < -0.4 is 19.7 Å². The number of carbonyl (C=O) groups excluding carboxylic acids is 2. The van der Waals surface area contributed by atoms with Crippen LogP contribution in [0.4, 0.5) is 5.69 Å². The van der Waals surface area contributed by atoms with Crippen LogP contribution in [0.5, 0.6) is 11.5 Å². The van der Waals surface area contributed by atoms with Gasteiger partial charge in [-0.3, -0.25) is 9.59 Å². The molecule has 2 aromatic rings. The molecule has 1 saturated heterocycles. The molecule has 1 fully saturated rings. The van der Waals surface area contributed by atoms with Gasteiger partial charge in [0.2, 0.25) is 5.91 Å². The molecule has 2 amide bonds. The van der Waals surface area contributed by atoms with Gasteiger partial charge in [-0.05, 0) is 55.3 Å². The number of nitrogens with one attached hydrogen (secondary N) is 1. The molecule has 1 atom stereocenters. The van der Waals surface area contributed by atoms with Gasteiger partial charge in [0, 0.05) is 24.2 Å². The summed E-state index contributed by atoms with van der Waals surface area (Å²) in [5.74, 6) is 0.821. The molecule has 0 aromatic heterocycles. The van der Waals surface area contributed by atoms with Crippen molar-refractivity contribution >= 4 is 17.5 Å². The number of rotatable bonds is 5. The van der Waals surface area contributed by atoms with E-state index in [0.717, 1.165) is 11.3 Å². The highest BCUT2D eigenvalue weighted by molar-refractivity contribution is 5.99. The highest BCUT2D eigenvalue weighted by Gasteiger charge is 2.32. The van der Waals surface area contributed by atoms with E-state index in [4.69, 9.17) is 9.47 Å². The maximum atomic E-state index is 12.6. The number of amides is 2. The Morgan fingerprint density at radius 1 is 1.04 bits per heavy atom. The highest BCUT2D eigenvalue weighted by Crippen LogP contribution is 2.28. The molecule has 1 unspecified atom stereocenters. The van der Waals surface area contributed by atoms with Gasteiger partial charge in [-0.2, -0.15) is 0 Å². The normalized spacial score (nSPS) is 16.4. The number of hydrogen-bond acceptors (Lipinski definition) is 4. The lowest BCUT2D eigenvalue weighted by atomic mass is 10.1. The van der Waals surface area contributed by atoms with Gasteiger partial charge in [0.25, 0.3) is 5.91 Å². The smallest absolute Gasteiger partial charge is 0.251 e. The van der Waals surface area contributed by atoms with Gasteiger partial charge >= 0.3 is 0 Å². The molecule has 0 aliphatic carbocycles. The van der Waals surface area contributed by atoms with Crippen molar-refractivity contribution in [1.82, 2.24) is 5.32 Å². The van der Waals surface area contributed by atoms with Gasteiger partial charge in [0.1, 0.15) is 0 Å². The minimum Gasteiger partial charge on any atom is -0.493 e. The number of anilines is 1. The number of nitrogens with zero attached hydrogens (tertiary/aromatic N) is 1. The molecular weight excluding hydrogens is 344 g/mol. The molecule has 1 heterocycles. The third-order valence-electron chi connectivity index (χ3n) is 4.91. The van der Waals surface area contributed by atoms with Crippen LogP contribution in [-0.4, -0.2) is 38.6 Å². The van der Waals surface area contributed by atoms with Crippen LogP contribution in [0.15, 0.2) is 36.4 Å². The Morgan fingerprint density at radius 3 is 2.44 bits per heavy atom. The van der Waals surface area contributed by atoms with Crippen molar-refractivity contribution in [1.29, 1.82) is 0 Å². The molecular formula is C21H24N2O4. The van der Waals surface area contributed by atoms with E-state index in [0.29, 0.717) is 23.6 Å². The highest BCUT2D eigenvalue weighted by atomic mass is 16.5. The molecule has 1 N–H and O–H groups in total. The average Bonchev–Trinajstić information content (AvgIpc) is 3.03. The maximum absolute atomic E-state index is 12.6. The van der Waals surface area contributed by atoms with E-state index >= 15 is 0 Å². The maximum Gasteiger partial charge on any atom is 0.251 e. The summed E-state index contributed by atoms with van der Waals surface area (Å²) in [6.45, 7) is 4.52. The van der Waals surface area contributed by atoms with Crippen molar-refractivity contribution in [3.8, 4) is 11.5 Å². The summed E-state index contributed by atoms with van der Waals surface area (Å²) in [6.07, 6.45) is 0.284. The van der Waals surface area contributed by atoms with Crippen molar-refractivity contribution in [2.45, 2.75) is 26.3 Å². The van der Waals surface area contributed by atoms with Crippen molar-refractivity contribution in [3.05, 3.63) is 53.1 Å². The largest absolute Gasteiger partial charge is 0.493 e. The fourth-order valence-corrected chi connectivity index (χ4v) is 3.19. The number of carbonyl (C=O) groups is 2. The van der Waals surface area contributed by atoms with Gasteiger partial charge < -0.3 is 19.7 Å². The second-order valence-electron chi connectivity index (χ2n) is 6.72. The predicted molar refractivity (Wildman–Crippen MR) is 104 cm³/mol. The molecule has 1 aliphatic heterocycles. The van der Waals surface area contributed by atoms with Crippen LogP contribution in [0.1, 0.15) is 27.9 Å². The Balaban J connectivity index is 1.70. The summed E-state index contributed by atoms with van der Waals surface area (Å²) >= 11 is 0. The van der Waals surface area contributed by atoms with Crippen LogP contribution in [0.25, 0.3) is 0 Å². The molecule has 27 heavy (non-hydrogen) atoms. The second kappa shape index (κ2) is 7.70. The van der Waals surface area contributed by atoms with E-state index in [1.54, 1.807) is 30.2 Å². The Hall–Kier alpha value is -3.02. The minimum absolute atomic E-state index is 0.0101. The molecule has 3 rings (SSSR count). The van der Waals surface area contributed by atoms with Crippen LogP contribution in [0, 0.1) is 13.8 Å². The van der Waals surface area contributed by atoms with Crippen molar-refractivity contribution in [2.75, 3.05) is 25.7 Å². The average molecular weight is 368 g/mol. The SMILES string of the molecule is COc1ccc(C(=O)NC2CC(=O)N(c3ccc(C)c(C)c3)C2)cc1OC. The standard InChI is InChI=1S/C21H24N2O4/c1-13-5-7-17(9-14(13)2)23-12-16(11-20(23)24)22-21(25)15-6-8-18(26-3)19(10-15)27-4/h5-10,16H,11-12H2,1-4H3,(H,22,25). The van der Waals surface area contributed by atoms with Crippen molar-refractivity contribution in [2.24, 2.45) is 0 Å². The summed E-state index contributed by atoms with van der Waals surface area (Å²) in [4.78, 5) is 26.7. The molecule has 1 aliphatic rings. The zero-order valence-electron chi connectivity index (χ0n) is 16.0. The number of ether oxygens (including phenoxy) is 2. The third-order valence-corrected chi connectivity index (χ3v) is 4.91. The fourth-order valence-electron chi connectivity index (χ4n) is 3.19. The van der Waals surface area contributed by atoms with Gasteiger partial charge in [-0.15, -0.1) is 0 Å². The summed E-state index contributed by atoms with van der Waals surface area (Å²) in [6, 6.07) is 10.7. The topological polar surface area (TPSA) is 67.9 Å². The first kappa shape index (κ1) is 18.8. The van der Waals surface area contributed by atoms with Gasteiger partial charge in [-0.25, -0.2) is 0 Å². The Labute approximate surface area is 159 Å². The number of methoxy groups -OCH3 is 2. The predicted octanol–water partition coefficient (Wildman–Crippen LogP) is 2.86. The third kappa shape index (κ3) is 3.89. The molecule has 0 bridgehead atoms. The van der Waals surface area contributed by atoms with Crippen LogP contribution in [0.2, 0.25) is 0 Å². The Morgan fingerprint density at radius 2 is 1.78 bits per heavy atom. The first-order valence-corrected chi connectivity index (χ1v) is 8.83. The Bertz CT molecular complexity index is 878. The van der Waals surface area contributed by atoms with Gasteiger partial charge in [0.05, 0.1) is 20.3 Å². The lowest BCUT2D eigenvalue weighted by Crippen LogP contribution is -2.37. The molecule has 0 radical (unpaired) electrons. The van der Waals surface area contributed by atoms with Gasteiger partial charge in [0.15, 0.2) is 11.5 Å². The molecule has 0 saturated carbocycles. The molecule has 142 valence electrons. The quantitative estimate of drug-likeness (QED) is 0.881. The van der Waals surface area contributed by atoms with E-state index in [-0.39, 0.29) is 24.3 Å². The molecule has 6 nitrogen and oxygen atoms in total. The minimum atomic E-state index is -0.240. The monoisotopic (exact) mass is 368 g/mol. The molecule has 0 spiro atoms. The van der Waals surface area contributed by atoms with Crippen LogP contribution in [-0.2, 0) is 4.79 Å². The summed E-state index contributed by atoms with van der Waals surface area (Å²) in [5.41, 5.74) is 3.65. The Kier molecular flexibility index (Phi) is 5.35. The number of benzene rings is 2. The summed E-state index contributed by atoms with van der Waals surface area (Å²) in [5, 5.41) is 2.94. The lowest BCUT2D eigenvalue weighted by molar-refractivity contribution is -0.117. The van der Waals surface area contributed by atoms with Crippen molar-refractivity contribution < 1.29 is 19.1 Å². The zero-order chi connectivity index (χ0) is 19.6. The summed E-state index contributed by atoms with van der Waals surface area (Å²) in [7, 11) is 3.07. The van der Waals surface area contributed by atoms with E-state index in [1.807, 2.05) is 32.0 Å². The fraction of sp³-hybridized carbons (Fsp3) is 0.333. The van der Waals surface area contributed by atoms with E-state index < -0.39 is 0 Å². The van der Waals surface area contributed by atoms with E-state index in [2.05, 4.69) is 5.32 Å². The first-order valence-electron chi connectivity index (χ1n) is 8.83. The molecule has 2 aromatic carbocycles. The van der Waals surface area contributed by atoms with Crippen LogP contribution >= 0.6 is 0 Å². The zero-order valence-corrected chi connectivity index (χ0v) is 16.0. The summed E-state index contributed by atoms with van der Waals surface area (Å²) < 4.78 is 10.4.